The lowest BCUT2D eigenvalue weighted by atomic mass is 10.1. The summed E-state index contributed by atoms with van der Waals surface area (Å²) >= 11 is 5.80. The van der Waals surface area contributed by atoms with E-state index in [1.54, 1.807) is 12.1 Å². The zero-order valence-electron chi connectivity index (χ0n) is 12.5. The number of carbonyl (C=O) groups is 3. The van der Waals surface area contributed by atoms with Gasteiger partial charge in [0.05, 0.1) is 23.2 Å². The number of hydrogen-bond acceptors (Lipinski definition) is 4. The second kappa shape index (κ2) is 6.60. The normalized spacial score (nSPS) is 13.4. The molecule has 0 fully saturated rings. The molecule has 2 aromatic carbocycles. The van der Waals surface area contributed by atoms with Gasteiger partial charge in [0.15, 0.2) is 5.78 Å². The van der Waals surface area contributed by atoms with Crippen LogP contribution in [0.2, 0.25) is 5.02 Å². The van der Waals surface area contributed by atoms with Crippen molar-refractivity contribution in [2.75, 3.05) is 6.54 Å². The molecule has 3 rings (SSSR count). The highest BCUT2D eigenvalue weighted by Crippen LogP contribution is 2.27. The third kappa shape index (κ3) is 3.23. The number of ether oxygens (including phenoxy) is 1. The molecule has 8 heteroatoms. The SMILES string of the molecule is O=C(CN1C(=O)c2ccccc2C1=O)c1cc(Cl)ccc1OC(F)F. The molecule has 0 radical (unpaired) electrons. The molecule has 25 heavy (non-hydrogen) atoms. The zero-order chi connectivity index (χ0) is 18.1. The lowest BCUT2D eigenvalue weighted by molar-refractivity contribution is -0.0501. The van der Waals surface area contributed by atoms with Crippen LogP contribution in [0.5, 0.6) is 5.75 Å². The summed E-state index contributed by atoms with van der Waals surface area (Å²) in [6.45, 7) is -3.74. The van der Waals surface area contributed by atoms with Crippen LogP contribution in [0.15, 0.2) is 42.5 Å². The van der Waals surface area contributed by atoms with Crippen LogP contribution in [0.25, 0.3) is 0 Å². The third-order valence-electron chi connectivity index (χ3n) is 3.64. The Kier molecular flexibility index (Phi) is 4.50. The van der Waals surface area contributed by atoms with E-state index in [-0.39, 0.29) is 27.5 Å². The zero-order valence-corrected chi connectivity index (χ0v) is 13.3. The van der Waals surface area contributed by atoms with Crippen molar-refractivity contribution in [3.8, 4) is 5.75 Å². The number of benzene rings is 2. The van der Waals surface area contributed by atoms with Gasteiger partial charge >= 0.3 is 6.61 Å². The number of imide groups is 1. The summed E-state index contributed by atoms with van der Waals surface area (Å²) in [5.41, 5.74) is 0.148. The van der Waals surface area contributed by atoms with E-state index in [4.69, 9.17) is 11.6 Å². The molecule has 0 saturated carbocycles. The van der Waals surface area contributed by atoms with Crippen molar-refractivity contribution in [3.63, 3.8) is 0 Å². The molecule has 128 valence electrons. The molecule has 2 amide bonds. The summed E-state index contributed by atoms with van der Waals surface area (Å²) in [5.74, 6) is -2.35. The number of halogens is 3. The average Bonchev–Trinajstić information content (AvgIpc) is 2.81. The highest BCUT2D eigenvalue weighted by atomic mass is 35.5. The summed E-state index contributed by atoms with van der Waals surface area (Å²) in [6.07, 6.45) is 0. The molecular formula is C17H10ClF2NO4. The molecule has 0 aromatic heterocycles. The average molecular weight is 366 g/mol. The number of rotatable bonds is 5. The van der Waals surface area contributed by atoms with Gasteiger partial charge in [-0.2, -0.15) is 8.78 Å². The van der Waals surface area contributed by atoms with Gasteiger partial charge in [0.1, 0.15) is 5.75 Å². The van der Waals surface area contributed by atoms with E-state index >= 15 is 0 Å². The first-order valence-electron chi connectivity index (χ1n) is 7.11. The van der Waals surface area contributed by atoms with E-state index in [1.165, 1.54) is 18.2 Å². The van der Waals surface area contributed by atoms with E-state index < -0.39 is 30.8 Å². The van der Waals surface area contributed by atoms with Crippen LogP contribution < -0.4 is 4.74 Å². The maximum absolute atomic E-state index is 12.5. The topological polar surface area (TPSA) is 63.7 Å². The minimum Gasteiger partial charge on any atom is -0.434 e. The molecule has 0 aliphatic carbocycles. The van der Waals surface area contributed by atoms with E-state index in [1.807, 2.05) is 0 Å². The van der Waals surface area contributed by atoms with Gasteiger partial charge in [-0.15, -0.1) is 0 Å². The van der Waals surface area contributed by atoms with Crippen molar-refractivity contribution < 1.29 is 27.9 Å². The number of Topliss-reactive ketones (excluding diaryl/α,β-unsaturated/α-hetero) is 1. The molecule has 0 spiro atoms. The van der Waals surface area contributed by atoms with Gasteiger partial charge in [-0.1, -0.05) is 23.7 Å². The Morgan fingerprint density at radius 1 is 1.08 bits per heavy atom. The number of carbonyl (C=O) groups excluding carboxylic acids is 3. The quantitative estimate of drug-likeness (QED) is 0.601. The van der Waals surface area contributed by atoms with E-state index in [0.717, 1.165) is 17.0 Å². The number of nitrogens with zero attached hydrogens (tertiary/aromatic N) is 1. The first kappa shape index (κ1) is 17.0. The lowest BCUT2D eigenvalue weighted by Crippen LogP contribution is -2.35. The van der Waals surface area contributed by atoms with Gasteiger partial charge in [0.2, 0.25) is 0 Å². The summed E-state index contributed by atoms with van der Waals surface area (Å²) in [4.78, 5) is 37.8. The second-order valence-electron chi connectivity index (χ2n) is 5.18. The van der Waals surface area contributed by atoms with Crippen molar-refractivity contribution in [3.05, 3.63) is 64.2 Å². The first-order chi connectivity index (χ1) is 11.9. The molecule has 2 aromatic rings. The van der Waals surface area contributed by atoms with Crippen LogP contribution in [0, 0.1) is 0 Å². The van der Waals surface area contributed by atoms with Crippen molar-refractivity contribution in [1.82, 2.24) is 4.90 Å². The molecule has 0 saturated heterocycles. The number of alkyl halides is 2. The summed E-state index contributed by atoms with van der Waals surface area (Å²) in [5, 5.41) is 0.132. The van der Waals surface area contributed by atoms with Crippen molar-refractivity contribution in [2.24, 2.45) is 0 Å². The molecule has 0 bridgehead atoms. The first-order valence-corrected chi connectivity index (χ1v) is 7.49. The van der Waals surface area contributed by atoms with Gasteiger partial charge in [-0.25, -0.2) is 0 Å². The summed E-state index contributed by atoms with van der Waals surface area (Å²) in [7, 11) is 0. The Hall–Kier alpha value is -2.80. The third-order valence-corrected chi connectivity index (χ3v) is 3.87. The van der Waals surface area contributed by atoms with E-state index in [0.29, 0.717) is 0 Å². The molecule has 1 heterocycles. The molecule has 1 aliphatic rings. The van der Waals surface area contributed by atoms with Crippen molar-refractivity contribution in [2.45, 2.75) is 6.61 Å². The predicted octanol–water partition coefficient (Wildman–Crippen LogP) is 3.42. The highest BCUT2D eigenvalue weighted by Gasteiger charge is 2.36. The smallest absolute Gasteiger partial charge is 0.387 e. The van der Waals surface area contributed by atoms with Crippen molar-refractivity contribution >= 4 is 29.2 Å². The van der Waals surface area contributed by atoms with Gasteiger partial charge in [-0.05, 0) is 30.3 Å². The van der Waals surface area contributed by atoms with Crippen LogP contribution in [0.4, 0.5) is 8.78 Å². The Labute approximate surface area is 145 Å². The Balaban J connectivity index is 1.88. The minimum absolute atomic E-state index is 0.132. The maximum Gasteiger partial charge on any atom is 0.387 e. The molecule has 1 aliphatic heterocycles. The fourth-order valence-corrected chi connectivity index (χ4v) is 2.70. The van der Waals surface area contributed by atoms with Crippen LogP contribution in [0.1, 0.15) is 31.1 Å². The molecule has 0 N–H and O–H groups in total. The van der Waals surface area contributed by atoms with E-state index in [9.17, 15) is 23.2 Å². The van der Waals surface area contributed by atoms with Gasteiger partial charge in [0, 0.05) is 5.02 Å². The minimum atomic E-state index is -3.13. The van der Waals surface area contributed by atoms with Crippen molar-refractivity contribution in [1.29, 1.82) is 0 Å². The molecular weight excluding hydrogens is 356 g/mol. The predicted molar refractivity (Wildman–Crippen MR) is 84.2 cm³/mol. The molecule has 0 atom stereocenters. The largest absolute Gasteiger partial charge is 0.434 e. The number of fused-ring (bicyclic) bond motifs is 1. The highest BCUT2D eigenvalue weighted by molar-refractivity contribution is 6.31. The van der Waals surface area contributed by atoms with Crippen LogP contribution in [-0.2, 0) is 0 Å². The Bertz CT molecular complexity index is 850. The number of ketones is 1. The van der Waals surface area contributed by atoms with Crippen LogP contribution in [0.3, 0.4) is 0 Å². The second-order valence-corrected chi connectivity index (χ2v) is 5.62. The van der Waals surface area contributed by atoms with E-state index in [2.05, 4.69) is 4.74 Å². The van der Waals surface area contributed by atoms with Gasteiger partial charge in [0.25, 0.3) is 11.8 Å². The molecule has 0 unspecified atom stereocenters. The summed E-state index contributed by atoms with van der Waals surface area (Å²) in [6, 6.07) is 9.72. The van der Waals surface area contributed by atoms with Gasteiger partial charge in [-0.3, -0.25) is 19.3 Å². The fraction of sp³-hybridized carbons (Fsp3) is 0.118. The molecule has 5 nitrogen and oxygen atoms in total. The summed E-state index contributed by atoms with van der Waals surface area (Å²) < 4.78 is 29.3. The number of amides is 2. The van der Waals surface area contributed by atoms with Gasteiger partial charge < -0.3 is 4.74 Å². The Morgan fingerprint density at radius 2 is 1.68 bits per heavy atom. The van der Waals surface area contributed by atoms with Crippen LogP contribution >= 0.6 is 11.6 Å². The standard InChI is InChI=1S/C17H10ClF2NO4/c18-9-5-6-14(25-17(19)20)12(7-9)13(22)8-21-15(23)10-3-1-2-4-11(10)16(21)24/h1-7,17H,8H2. The Morgan fingerprint density at radius 3 is 2.24 bits per heavy atom. The fourth-order valence-electron chi connectivity index (χ4n) is 2.53. The number of hydrogen-bond donors (Lipinski definition) is 0. The monoisotopic (exact) mass is 365 g/mol. The lowest BCUT2D eigenvalue weighted by Gasteiger charge is -2.15. The van der Waals surface area contributed by atoms with Crippen LogP contribution in [-0.4, -0.2) is 35.7 Å². The maximum atomic E-state index is 12.5.